The molecule has 0 bridgehead atoms. The van der Waals surface area contributed by atoms with Gasteiger partial charge in [-0.2, -0.15) is 0 Å². The topological polar surface area (TPSA) is 129 Å². The van der Waals surface area contributed by atoms with E-state index in [0.717, 1.165) is 6.07 Å². The van der Waals surface area contributed by atoms with Gasteiger partial charge >= 0.3 is 0 Å². The summed E-state index contributed by atoms with van der Waals surface area (Å²) in [6.07, 6.45) is 0. The molecule has 0 aliphatic carbocycles. The molecular formula is C24H23ClN2O8S. The van der Waals surface area contributed by atoms with Crippen LogP contribution in [0.5, 0.6) is 23.0 Å². The number of hydrogen-bond acceptors (Lipinski definition) is 8. The van der Waals surface area contributed by atoms with Gasteiger partial charge in [-0.25, -0.2) is 13.1 Å². The molecule has 12 heteroatoms. The van der Waals surface area contributed by atoms with Crippen molar-refractivity contribution in [2.45, 2.75) is 4.90 Å². The van der Waals surface area contributed by atoms with E-state index in [2.05, 4.69) is 5.32 Å². The summed E-state index contributed by atoms with van der Waals surface area (Å²) < 4.78 is 48.8. The number of amides is 2. The summed E-state index contributed by atoms with van der Waals surface area (Å²) in [6, 6.07) is 12.8. The Morgan fingerprint density at radius 1 is 0.778 bits per heavy atom. The van der Waals surface area contributed by atoms with Crippen molar-refractivity contribution in [3.63, 3.8) is 0 Å². The first-order chi connectivity index (χ1) is 17.1. The van der Waals surface area contributed by atoms with Crippen molar-refractivity contribution < 1.29 is 37.0 Å². The van der Waals surface area contributed by atoms with Gasteiger partial charge in [-0.3, -0.25) is 9.59 Å². The minimum Gasteiger partial charge on any atom is -0.496 e. The summed E-state index contributed by atoms with van der Waals surface area (Å²) >= 11 is 6.11. The van der Waals surface area contributed by atoms with Crippen LogP contribution in [-0.2, 0) is 10.0 Å². The lowest BCUT2D eigenvalue weighted by molar-refractivity contribution is 0.0977. The van der Waals surface area contributed by atoms with Gasteiger partial charge in [-0.15, -0.1) is 0 Å². The van der Waals surface area contributed by atoms with Crippen LogP contribution in [0.1, 0.15) is 20.7 Å². The molecule has 0 radical (unpaired) electrons. The Hall–Kier alpha value is -3.96. The van der Waals surface area contributed by atoms with Crippen LogP contribution in [0.15, 0.2) is 59.5 Å². The maximum atomic E-state index is 13.0. The van der Waals surface area contributed by atoms with E-state index in [1.807, 2.05) is 4.72 Å². The van der Waals surface area contributed by atoms with E-state index in [9.17, 15) is 18.0 Å². The van der Waals surface area contributed by atoms with Gasteiger partial charge in [-0.1, -0.05) is 23.7 Å². The minimum absolute atomic E-state index is 0.0102. The number of sulfonamides is 1. The molecule has 0 fully saturated rings. The lowest BCUT2D eigenvalue weighted by atomic mass is 10.2. The Kier molecular flexibility index (Phi) is 8.28. The van der Waals surface area contributed by atoms with Gasteiger partial charge < -0.3 is 24.3 Å². The highest BCUT2D eigenvalue weighted by Gasteiger charge is 2.25. The van der Waals surface area contributed by atoms with E-state index in [1.165, 1.54) is 64.8 Å². The second-order valence-electron chi connectivity index (χ2n) is 7.15. The summed E-state index contributed by atoms with van der Waals surface area (Å²) in [5.74, 6) is -0.418. The molecule has 0 atom stereocenters. The van der Waals surface area contributed by atoms with Crippen LogP contribution in [0.2, 0.25) is 5.02 Å². The Balaban J connectivity index is 1.90. The molecule has 0 saturated carbocycles. The first-order valence-corrected chi connectivity index (χ1v) is 12.1. The lowest BCUT2D eigenvalue weighted by Gasteiger charge is -2.15. The monoisotopic (exact) mass is 534 g/mol. The molecular weight excluding hydrogens is 512 g/mol. The molecule has 0 aliphatic heterocycles. The molecule has 3 aromatic rings. The average molecular weight is 535 g/mol. The molecule has 3 aromatic carbocycles. The Morgan fingerprint density at radius 3 is 1.97 bits per heavy atom. The van der Waals surface area contributed by atoms with Crippen LogP contribution in [0.25, 0.3) is 0 Å². The lowest BCUT2D eigenvalue weighted by Crippen LogP contribution is -2.31. The number of ether oxygens (including phenoxy) is 4. The van der Waals surface area contributed by atoms with Gasteiger partial charge in [0.05, 0.1) is 39.0 Å². The Morgan fingerprint density at radius 2 is 1.39 bits per heavy atom. The Labute approximate surface area is 213 Å². The standard InChI is InChI=1S/C24H23ClN2O8S/c1-32-18-8-6-5-7-16(18)24(29)27-36(30,31)21-11-14(9-10-17(21)25)23(28)26-15-12-19(33-2)22(35-4)20(13-15)34-3/h5-13H,1-4H3,(H,26,28)(H,27,29). The van der Waals surface area contributed by atoms with E-state index in [1.54, 1.807) is 12.1 Å². The normalized spacial score (nSPS) is 10.8. The largest absolute Gasteiger partial charge is 0.496 e. The first-order valence-electron chi connectivity index (χ1n) is 10.3. The third kappa shape index (κ3) is 5.64. The number of para-hydroxylation sites is 1. The van der Waals surface area contributed by atoms with Crippen molar-refractivity contribution >= 4 is 39.1 Å². The fourth-order valence-corrected chi connectivity index (χ4v) is 4.76. The zero-order chi connectivity index (χ0) is 26.5. The maximum Gasteiger partial charge on any atom is 0.268 e. The zero-order valence-corrected chi connectivity index (χ0v) is 21.3. The van der Waals surface area contributed by atoms with Gasteiger partial charge in [0.2, 0.25) is 5.75 Å². The molecule has 3 rings (SSSR count). The maximum absolute atomic E-state index is 13.0. The Bertz CT molecular complexity index is 1380. The van der Waals surface area contributed by atoms with Crippen LogP contribution in [-0.4, -0.2) is 48.7 Å². The minimum atomic E-state index is -4.45. The predicted octanol–water partition coefficient (Wildman–Crippen LogP) is 3.75. The third-order valence-corrected chi connectivity index (χ3v) is 6.80. The quantitative estimate of drug-likeness (QED) is 0.424. The average Bonchev–Trinajstić information content (AvgIpc) is 2.87. The van der Waals surface area contributed by atoms with E-state index < -0.39 is 26.7 Å². The molecule has 0 saturated heterocycles. The van der Waals surface area contributed by atoms with Crippen LogP contribution >= 0.6 is 11.6 Å². The number of carbonyl (C=O) groups is 2. The smallest absolute Gasteiger partial charge is 0.268 e. The molecule has 0 unspecified atom stereocenters. The zero-order valence-electron chi connectivity index (χ0n) is 19.7. The van der Waals surface area contributed by atoms with Crippen molar-refractivity contribution in [1.82, 2.24) is 4.72 Å². The van der Waals surface area contributed by atoms with Crippen molar-refractivity contribution in [2.75, 3.05) is 33.8 Å². The molecule has 0 heterocycles. The highest BCUT2D eigenvalue weighted by atomic mass is 35.5. The number of benzene rings is 3. The molecule has 36 heavy (non-hydrogen) atoms. The number of rotatable bonds is 9. The van der Waals surface area contributed by atoms with Gasteiger partial charge in [0.1, 0.15) is 10.6 Å². The number of methoxy groups -OCH3 is 4. The van der Waals surface area contributed by atoms with E-state index in [4.69, 9.17) is 30.5 Å². The first kappa shape index (κ1) is 26.6. The highest BCUT2D eigenvalue weighted by Crippen LogP contribution is 2.40. The molecule has 190 valence electrons. The molecule has 0 aromatic heterocycles. The fraction of sp³-hybridized carbons (Fsp3) is 0.167. The van der Waals surface area contributed by atoms with Gasteiger partial charge in [0.15, 0.2) is 11.5 Å². The summed E-state index contributed by atoms with van der Waals surface area (Å²) in [6.45, 7) is 0. The molecule has 0 aliphatic rings. The van der Waals surface area contributed by atoms with Crippen molar-refractivity contribution in [3.05, 3.63) is 70.7 Å². The summed E-state index contributed by atoms with van der Waals surface area (Å²) in [5, 5.41) is 2.46. The fourth-order valence-electron chi connectivity index (χ4n) is 3.27. The highest BCUT2D eigenvalue weighted by molar-refractivity contribution is 7.90. The summed E-state index contributed by atoms with van der Waals surface area (Å²) in [4.78, 5) is 25.1. The number of hydrogen-bond donors (Lipinski definition) is 2. The molecule has 2 N–H and O–H groups in total. The number of nitrogens with one attached hydrogen (secondary N) is 2. The van der Waals surface area contributed by atoms with Crippen LogP contribution < -0.4 is 29.0 Å². The van der Waals surface area contributed by atoms with Gasteiger partial charge in [-0.05, 0) is 30.3 Å². The molecule has 2 amide bonds. The van der Waals surface area contributed by atoms with Crippen LogP contribution in [0, 0.1) is 0 Å². The molecule has 0 spiro atoms. The summed E-state index contributed by atoms with van der Waals surface area (Å²) in [5.41, 5.74) is 0.285. The van der Waals surface area contributed by atoms with Gasteiger partial charge in [0, 0.05) is 23.4 Å². The van der Waals surface area contributed by atoms with E-state index >= 15 is 0 Å². The van der Waals surface area contributed by atoms with E-state index in [0.29, 0.717) is 22.9 Å². The molecule has 10 nitrogen and oxygen atoms in total. The van der Waals surface area contributed by atoms with Crippen molar-refractivity contribution in [2.24, 2.45) is 0 Å². The number of halogens is 1. The number of carbonyl (C=O) groups excluding carboxylic acids is 2. The second kappa shape index (κ2) is 11.2. The summed E-state index contributed by atoms with van der Waals surface area (Å²) in [7, 11) is 1.21. The SMILES string of the molecule is COc1ccccc1C(=O)NS(=O)(=O)c1cc(C(=O)Nc2cc(OC)c(OC)c(OC)c2)ccc1Cl. The predicted molar refractivity (Wildman–Crippen MR) is 133 cm³/mol. The van der Waals surface area contributed by atoms with Gasteiger partial charge in [0.25, 0.3) is 21.8 Å². The van der Waals surface area contributed by atoms with Crippen LogP contribution in [0.4, 0.5) is 5.69 Å². The van der Waals surface area contributed by atoms with E-state index in [-0.39, 0.29) is 21.9 Å². The number of anilines is 1. The second-order valence-corrected chi connectivity index (χ2v) is 9.21. The van der Waals surface area contributed by atoms with Crippen molar-refractivity contribution in [3.8, 4) is 23.0 Å². The van der Waals surface area contributed by atoms with Crippen molar-refractivity contribution in [1.29, 1.82) is 0 Å². The third-order valence-electron chi connectivity index (χ3n) is 4.98. The van der Waals surface area contributed by atoms with Crippen LogP contribution in [0.3, 0.4) is 0 Å².